The molecule has 1 aromatic heterocycles. The van der Waals surface area contributed by atoms with Gasteiger partial charge in [-0.2, -0.15) is 0 Å². The molecule has 0 radical (unpaired) electrons. The highest BCUT2D eigenvalue weighted by Crippen LogP contribution is 2.07. The lowest BCUT2D eigenvalue weighted by Crippen LogP contribution is -2.23. The summed E-state index contributed by atoms with van der Waals surface area (Å²) >= 11 is 0. The quantitative estimate of drug-likeness (QED) is 0.771. The van der Waals surface area contributed by atoms with Crippen molar-refractivity contribution < 1.29 is 4.74 Å². The van der Waals surface area contributed by atoms with Gasteiger partial charge in [-0.25, -0.2) is 0 Å². The van der Waals surface area contributed by atoms with Crippen molar-refractivity contribution in [2.45, 2.75) is 52.3 Å². The van der Waals surface area contributed by atoms with Gasteiger partial charge in [0.25, 0.3) is 0 Å². The second kappa shape index (κ2) is 6.71. The smallest absolute Gasteiger partial charge is 0.0649 e. The standard InChI is InChI=1S/C13H24N2O/c1-4-12(14)10-13-6-5-7-15(13)8-9-16-11(2)3/h5-7,11-12H,4,8-10,14H2,1-3H3. The second-order valence-electron chi connectivity index (χ2n) is 4.48. The van der Waals surface area contributed by atoms with Crippen LogP contribution in [-0.2, 0) is 17.7 Å². The van der Waals surface area contributed by atoms with Crippen LogP contribution in [0.1, 0.15) is 32.9 Å². The molecule has 0 aliphatic carbocycles. The zero-order valence-electron chi connectivity index (χ0n) is 10.6. The van der Waals surface area contributed by atoms with E-state index in [0.717, 1.165) is 26.0 Å². The van der Waals surface area contributed by atoms with E-state index in [1.54, 1.807) is 0 Å². The molecule has 0 saturated heterocycles. The summed E-state index contributed by atoms with van der Waals surface area (Å²) in [6.45, 7) is 7.92. The van der Waals surface area contributed by atoms with E-state index >= 15 is 0 Å². The van der Waals surface area contributed by atoms with E-state index in [2.05, 4.69) is 43.7 Å². The zero-order chi connectivity index (χ0) is 12.0. The Morgan fingerprint density at radius 2 is 2.19 bits per heavy atom. The molecule has 0 aromatic carbocycles. The van der Waals surface area contributed by atoms with Gasteiger partial charge in [-0.15, -0.1) is 0 Å². The minimum atomic E-state index is 0.264. The molecular formula is C13H24N2O. The van der Waals surface area contributed by atoms with Crippen molar-refractivity contribution in [3.8, 4) is 0 Å². The summed E-state index contributed by atoms with van der Waals surface area (Å²) in [7, 11) is 0. The Morgan fingerprint density at radius 3 is 2.81 bits per heavy atom. The Morgan fingerprint density at radius 1 is 1.44 bits per heavy atom. The van der Waals surface area contributed by atoms with E-state index in [4.69, 9.17) is 10.5 Å². The topological polar surface area (TPSA) is 40.2 Å². The Bertz CT molecular complexity index is 294. The fourth-order valence-electron chi connectivity index (χ4n) is 1.65. The van der Waals surface area contributed by atoms with Crippen molar-refractivity contribution in [2.24, 2.45) is 5.73 Å². The summed E-state index contributed by atoms with van der Waals surface area (Å²) in [5.74, 6) is 0. The molecule has 0 fully saturated rings. The minimum Gasteiger partial charge on any atom is -0.377 e. The summed E-state index contributed by atoms with van der Waals surface area (Å²) in [6, 6.07) is 4.48. The van der Waals surface area contributed by atoms with Crippen LogP contribution < -0.4 is 5.73 Å². The highest BCUT2D eigenvalue weighted by Gasteiger charge is 2.05. The van der Waals surface area contributed by atoms with Gasteiger partial charge in [0.1, 0.15) is 0 Å². The van der Waals surface area contributed by atoms with Gasteiger partial charge in [0, 0.05) is 30.9 Å². The van der Waals surface area contributed by atoms with Crippen molar-refractivity contribution in [1.29, 1.82) is 0 Å². The first-order valence-corrected chi connectivity index (χ1v) is 6.14. The molecule has 0 saturated carbocycles. The molecule has 1 heterocycles. The molecule has 0 aliphatic rings. The van der Waals surface area contributed by atoms with E-state index in [0.29, 0.717) is 6.10 Å². The van der Waals surface area contributed by atoms with Crippen LogP contribution in [0.2, 0.25) is 0 Å². The second-order valence-corrected chi connectivity index (χ2v) is 4.48. The normalized spacial score (nSPS) is 13.3. The van der Waals surface area contributed by atoms with Gasteiger partial charge >= 0.3 is 0 Å². The van der Waals surface area contributed by atoms with E-state index in [1.165, 1.54) is 5.69 Å². The Labute approximate surface area is 98.6 Å². The first-order valence-electron chi connectivity index (χ1n) is 6.14. The Kier molecular flexibility index (Phi) is 5.56. The number of ether oxygens (including phenoxy) is 1. The minimum absolute atomic E-state index is 0.264. The van der Waals surface area contributed by atoms with E-state index in [-0.39, 0.29) is 6.04 Å². The fraction of sp³-hybridized carbons (Fsp3) is 0.692. The average molecular weight is 224 g/mol. The van der Waals surface area contributed by atoms with E-state index in [1.807, 2.05) is 0 Å². The van der Waals surface area contributed by atoms with Gasteiger partial charge in [0.15, 0.2) is 0 Å². The highest BCUT2D eigenvalue weighted by molar-refractivity contribution is 5.08. The Balaban J connectivity index is 2.44. The van der Waals surface area contributed by atoms with Crippen molar-refractivity contribution in [3.05, 3.63) is 24.0 Å². The molecule has 0 amide bonds. The maximum atomic E-state index is 5.97. The molecule has 1 unspecified atom stereocenters. The number of rotatable bonds is 7. The van der Waals surface area contributed by atoms with Crippen LogP contribution in [0.3, 0.4) is 0 Å². The van der Waals surface area contributed by atoms with Crippen LogP contribution >= 0.6 is 0 Å². The number of hydrogen-bond donors (Lipinski definition) is 1. The number of aromatic nitrogens is 1. The van der Waals surface area contributed by atoms with Crippen molar-refractivity contribution in [2.75, 3.05) is 6.61 Å². The van der Waals surface area contributed by atoms with Gasteiger partial charge in [0.2, 0.25) is 0 Å². The molecule has 16 heavy (non-hydrogen) atoms. The molecule has 1 rings (SSSR count). The monoisotopic (exact) mass is 224 g/mol. The zero-order valence-corrected chi connectivity index (χ0v) is 10.6. The lowest BCUT2D eigenvalue weighted by molar-refractivity contribution is 0.0724. The molecule has 1 atom stereocenters. The molecular weight excluding hydrogens is 200 g/mol. The van der Waals surface area contributed by atoms with Crippen LogP contribution in [-0.4, -0.2) is 23.3 Å². The fourth-order valence-corrected chi connectivity index (χ4v) is 1.65. The summed E-state index contributed by atoms with van der Waals surface area (Å²) in [4.78, 5) is 0. The maximum Gasteiger partial charge on any atom is 0.0649 e. The predicted octanol–water partition coefficient (Wildman–Crippen LogP) is 2.19. The van der Waals surface area contributed by atoms with Crippen LogP contribution in [0.25, 0.3) is 0 Å². The third-order valence-electron chi connectivity index (χ3n) is 2.70. The Hall–Kier alpha value is -0.800. The third-order valence-corrected chi connectivity index (χ3v) is 2.70. The largest absolute Gasteiger partial charge is 0.377 e. The highest BCUT2D eigenvalue weighted by atomic mass is 16.5. The summed E-state index contributed by atoms with van der Waals surface area (Å²) < 4.78 is 7.78. The number of nitrogens with two attached hydrogens (primary N) is 1. The number of nitrogens with zero attached hydrogens (tertiary/aromatic N) is 1. The number of hydrogen-bond acceptors (Lipinski definition) is 2. The maximum absolute atomic E-state index is 5.97. The molecule has 3 nitrogen and oxygen atoms in total. The van der Waals surface area contributed by atoms with Gasteiger partial charge in [-0.1, -0.05) is 6.92 Å². The first-order chi connectivity index (χ1) is 7.63. The lowest BCUT2D eigenvalue weighted by Gasteiger charge is -2.14. The lowest BCUT2D eigenvalue weighted by atomic mass is 10.1. The third kappa shape index (κ3) is 4.37. The first kappa shape index (κ1) is 13.3. The van der Waals surface area contributed by atoms with Gasteiger partial charge < -0.3 is 15.0 Å². The molecule has 92 valence electrons. The van der Waals surface area contributed by atoms with Crippen LogP contribution in [0.4, 0.5) is 0 Å². The molecule has 3 heteroatoms. The van der Waals surface area contributed by atoms with Crippen LogP contribution in [0.15, 0.2) is 18.3 Å². The molecule has 2 N–H and O–H groups in total. The summed E-state index contributed by atoms with van der Waals surface area (Å²) in [5.41, 5.74) is 7.27. The SMILES string of the molecule is CCC(N)Cc1cccn1CCOC(C)C. The molecule has 1 aromatic rings. The van der Waals surface area contributed by atoms with Crippen molar-refractivity contribution in [1.82, 2.24) is 4.57 Å². The average Bonchev–Trinajstić information content (AvgIpc) is 2.65. The molecule has 0 aliphatic heterocycles. The summed E-state index contributed by atoms with van der Waals surface area (Å²) in [5, 5.41) is 0. The van der Waals surface area contributed by atoms with Crippen molar-refractivity contribution in [3.63, 3.8) is 0 Å². The van der Waals surface area contributed by atoms with Gasteiger partial charge in [0.05, 0.1) is 12.7 Å². The van der Waals surface area contributed by atoms with Crippen LogP contribution in [0.5, 0.6) is 0 Å². The van der Waals surface area contributed by atoms with Gasteiger partial charge in [-0.3, -0.25) is 0 Å². The molecule has 0 bridgehead atoms. The summed E-state index contributed by atoms with van der Waals surface area (Å²) in [6.07, 6.45) is 4.37. The van der Waals surface area contributed by atoms with E-state index < -0.39 is 0 Å². The van der Waals surface area contributed by atoms with Crippen molar-refractivity contribution >= 4 is 0 Å². The predicted molar refractivity (Wildman–Crippen MR) is 67.5 cm³/mol. The van der Waals surface area contributed by atoms with Crippen LogP contribution in [0, 0.1) is 0 Å². The van der Waals surface area contributed by atoms with E-state index in [9.17, 15) is 0 Å². The molecule has 0 spiro atoms. The van der Waals surface area contributed by atoms with Gasteiger partial charge in [-0.05, 0) is 32.4 Å².